The van der Waals surface area contributed by atoms with Gasteiger partial charge in [0.25, 0.3) is 0 Å². The Morgan fingerprint density at radius 3 is 1.12 bits per heavy atom. The van der Waals surface area contributed by atoms with Gasteiger partial charge in [-0.2, -0.15) is 0 Å². The summed E-state index contributed by atoms with van der Waals surface area (Å²) in [5.74, 6) is 0.965. The molecule has 73 heavy (non-hydrogen) atoms. The van der Waals surface area contributed by atoms with Crippen LogP contribution in [0.5, 0.6) is 0 Å². The maximum Gasteiger partial charge on any atom is 0.135 e. The Balaban J connectivity index is 0.993. The van der Waals surface area contributed by atoms with E-state index in [9.17, 15) is 0 Å². The maximum atomic E-state index is 7.34. The summed E-state index contributed by atoms with van der Waals surface area (Å²) in [6.45, 7) is 0. The Bertz CT molecular complexity index is 4010. The first-order chi connectivity index (χ1) is 36.2. The van der Waals surface area contributed by atoms with Crippen LogP contribution in [0, 0.1) is 0 Å². The van der Waals surface area contributed by atoms with Crippen molar-refractivity contribution in [2.75, 3.05) is 9.80 Å². The minimum absolute atomic E-state index is 0.549. The third-order valence-corrected chi connectivity index (χ3v) is 15.9. The van der Waals surface area contributed by atoms with Crippen molar-refractivity contribution in [2.45, 2.75) is 10.8 Å². The summed E-state index contributed by atoms with van der Waals surface area (Å²) in [7, 11) is 0. The van der Waals surface area contributed by atoms with Crippen molar-refractivity contribution in [3.8, 4) is 33.4 Å². The van der Waals surface area contributed by atoms with Crippen molar-refractivity contribution in [3.63, 3.8) is 0 Å². The minimum Gasteiger partial charge on any atom is -0.459 e. The highest BCUT2D eigenvalue weighted by Gasteiger charge is 2.55. The van der Waals surface area contributed by atoms with E-state index in [0.29, 0.717) is 0 Å². The predicted octanol–water partition coefficient (Wildman–Crippen LogP) is 18.1. The standard InChI is InChI=1S/C70H46N2O/c1-6-22-47(23-7-1)69(48-24-8-2-9-25-48)61-35-19-16-32-55(61)57-41-38-53(44-63(57)69)72(51-30-14-5-15-31-51)54-39-42-58-56-33-17-20-36-62(56)70(64(58)45-54)65-46-52(71(49-26-10-3-11-27-49)50-28-12-4-13-29-50)40-43-59(65)67-60-34-18-21-37-66(60)73-68(67)70/h1-46H. The predicted molar refractivity (Wildman–Crippen MR) is 299 cm³/mol. The van der Waals surface area contributed by atoms with E-state index in [4.69, 9.17) is 4.42 Å². The van der Waals surface area contributed by atoms with Crippen molar-refractivity contribution < 1.29 is 4.42 Å². The summed E-state index contributed by atoms with van der Waals surface area (Å²) in [5.41, 5.74) is 22.0. The average Bonchev–Trinajstić information content (AvgIpc) is 4.17. The molecule has 1 unspecified atom stereocenters. The molecule has 1 spiro atoms. The molecule has 342 valence electrons. The molecule has 0 N–H and O–H groups in total. The number of benzene rings is 11. The van der Waals surface area contributed by atoms with Crippen LogP contribution in [0.1, 0.15) is 44.7 Å². The minimum atomic E-state index is -0.779. The lowest BCUT2D eigenvalue weighted by atomic mass is 9.67. The molecule has 0 radical (unpaired) electrons. The fourth-order valence-electron chi connectivity index (χ4n) is 13.0. The van der Waals surface area contributed by atoms with Crippen LogP contribution >= 0.6 is 0 Å². The van der Waals surface area contributed by atoms with Crippen LogP contribution in [0.3, 0.4) is 0 Å². The highest BCUT2D eigenvalue weighted by atomic mass is 16.3. The van der Waals surface area contributed by atoms with E-state index in [1.165, 1.54) is 66.8 Å². The first-order valence-corrected chi connectivity index (χ1v) is 25.2. The molecule has 11 aromatic carbocycles. The largest absolute Gasteiger partial charge is 0.459 e. The molecule has 1 aromatic heterocycles. The number of anilines is 6. The molecule has 1 heterocycles. The summed E-state index contributed by atoms with van der Waals surface area (Å²) in [4.78, 5) is 4.83. The number of hydrogen-bond donors (Lipinski definition) is 0. The third kappa shape index (κ3) is 5.82. The van der Waals surface area contributed by atoms with Gasteiger partial charge in [0.15, 0.2) is 0 Å². The van der Waals surface area contributed by atoms with Crippen LogP contribution in [0.25, 0.3) is 44.3 Å². The molecule has 1 atom stereocenters. The third-order valence-electron chi connectivity index (χ3n) is 15.9. The van der Waals surface area contributed by atoms with Gasteiger partial charge in [-0.25, -0.2) is 0 Å². The first kappa shape index (κ1) is 41.4. The molecule has 12 aromatic rings. The SMILES string of the molecule is c1ccc(N(c2ccc3c(c2)C(c2ccccc2)(c2ccccc2)c2ccccc2-3)c2ccc3c(c2)C2(c4ccccc4-3)c3cc(N(c4ccccc4)c4ccccc4)ccc3-c3c2oc2ccccc32)cc1. The fraction of sp³-hybridized carbons (Fsp3) is 0.0286. The quantitative estimate of drug-likeness (QED) is 0.151. The van der Waals surface area contributed by atoms with Crippen LogP contribution in [0.4, 0.5) is 34.1 Å². The molecule has 3 heteroatoms. The lowest BCUT2D eigenvalue weighted by Crippen LogP contribution is -2.28. The highest BCUT2D eigenvalue weighted by molar-refractivity contribution is 6.05. The van der Waals surface area contributed by atoms with Gasteiger partial charge in [-0.05, 0) is 146 Å². The number of nitrogens with zero attached hydrogens (tertiary/aromatic N) is 2. The number of hydrogen-bond acceptors (Lipinski definition) is 3. The zero-order valence-corrected chi connectivity index (χ0v) is 39.9. The maximum absolute atomic E-state index is 7.34. The van der Waals surface area contributed by atoms with Crippen molar-refractivity contribution in [3.05, 3.63) is 324 Å². The molecule has 0 saturated carbocycles. The molecular weight excluding hydrogens is 885 g/mol. The van der Waals surface area contributed by atoms with E-state index in [-0.39, 0.29) is 0 Å². The van der Waals surface area contributed by atoms with Gasteiger partial charge in [-0.3, -0.25) is 0 Å². The molecule has 0 fully saturated rings. The van der Waals surface area contributed by atoms with Crippen LogP contribution in [0.2, 0.25) is 0 Å². The van der Waals surface area contributed by atoms with E-state index >= 15 is 0 Å². The second-order valence-electron chi connectivity index (χ2n) is 19.5. The van der Waals surface area contributed by atoms with Crippen molar-refractivity contribution in [1.29, 1.82) is 0 Å². The van der Waals surface area contributed by atoms with Crippen molar-refractivity contribution in [2.24, 2.45) is 0 Å². The van der Waals surface area contributed by atoms with E-state index in [0.717, 1.165) is 56.4 Å². The van der Waals surface area contributed by atoms with Gasteiger partial charge in [0.2, 0.25) is 0 Å². The topological polar surface area (TPSA) is 19.6 Å². The van der Waals surface area contributed by atoms with Gasteiger partial charge in [0, 0.05) is 45.1 Å². The van der Waals surface area contributed by atoms with Gasteiger partial charge >= 0.3 is 0 Å². The van der Waals surface area contributed by atoms with E-state index in [1.54, 1.807) is 0 Å². The Labute approximate surface area is 425 Å². The van der Waals surface area contributed by atoms with Crippen LogP contribution in [-0.4, -0.2) is 0 Å². The molecule has 3 aliphatic rings. The molecule has 0 aliphatic heterocycles. The molecular formula is C70H46N2O. The van der Waals surface area contributed by atoms with Crippen molar-refractivity contribution >= 4 is 45.1 Å². The Hall–Kier alpha value is -9.44. The average molecular weight is 931 g/mol. The van der Waals surface area contributed by atoms with Crippen molar-refractivity contribution in [1.82, 2.24) is 0 Å². The Kier molecular flexibility index (Phi) is 9.09. The normalized spacial score (nSPS) is 15.0. The van der Waals surface area contributed by atoms with E-state index in [2.05, 4.69) is 289 Å². The molecule has 3 aliphatic carbocycles. The number of rotatable bonds is 8. The van der Waals surface area contributed by atoms with Gasteiger partial charge in [-0.15, -0.1) is 0 Å². The smallest absolute Gasteiger partial charge is 0.135 e. The van der Waals surface area contributed by atoms with Gasteiger partial charge in [-0.1, -0.05) is 200 Å². The number of furan rings is 1. The molecule has 3 nitrogen and oxygen atoms in total. The summed E-state index contributed by atoms with van der Waals surface area (Å²) in [6.07, 6.45) is 0. The number of fused-ring (bicyclic) bond motifs is 15. The second-order valence-corrected chi connectivity index (χ2v) is 19.5. The summed E-state index contributed by atoms with van der Waals surface area (Å²) >= 11 is 0. The Morgan fingerprint density at radius 2 is 0.616 bits per heavy atom. The van der Waals surface area contributed by atoms with E-state index in [1.807, 2.05) is 0 Å². The highest BCUT2D eigenvalue weighted by Crippen LogP contribution is 2.66. The first-order valence-electron chi connectivity index (χ1n) is 25.2. The molecule has 0 bridgehead atoms. The lowest BCUT2D eigenvalue weighted by Gasteiger charge is -2.35. The second kappa shape index (κ2) is 16.0. The molecule has 15 rings (SSSR count). The van der Waals surface area contributed by atoms with Gasteiger partial charge in [0.05, 0.1) is 5.41 Å². The number of para-hydroxylation sites is 4. The molecule has 0 amide bonds. The van der Waals surface area contributed by atoms with Gasteiger partial charge in [0.1, 0.15) is 16.8 Å². The summed E-state index contributed by atoms with van der Waals surface area (Å²) < 4.78 is 7.34. The van der Waals surface area contributed by atoms with Crippen LogP contribution in [-0.2, 0) is 10.8 Å². The van der Waals surface area contributed by atoms with Gasteiger partial charge < -0.3 is 14.2 Å². The van der Waals surface area contributed by atoms with Crippen LogP contribution in [0.15, 0.2) is 283 Å². The monoisotopic (exact) mass is 930 g/mol. The lowest BCUT2D eigenvalue weighted by molar-refractivity contribution is 0.507. The zero-order valence-electron chi connectivity index (χ0n) is 39.9. The fourth-order valence-corrected chi connectivity index (χ4v) is 13.0. The van der Waals surface area contributed by atoms with E-state index < -0.39 is 10.8 Å². The summed E-state index contributed by atoms with van der Waals surface area (Å²) in [5, 5.41) is 1.12. The summed E-state index contributed by atoms with van der Waals surface area (Å²) in [6, 6.07) is 102. The Morgan fingerprint density at radius 1 is 0.260 bits per heavy atom. The molecule has 0 saturated heterocycles. The van der Waals surface area contributed by atoms with Crippen LogP contribution < -0.4 is 9.80 Å². The zero-order chi connectivity index (χ0) is 48.1.